The van der Waals surface area contributed by atoms with Gasteiger partial charge in [-0.25, -0.2) is 4.57 Å². The van der Waals surface area contributed by atoms with Crippen molar-refractivity contribution >= 4 is 21.9 Å². The maximum atomic E-state index is 9.02. The Hall–Kier alpha value is -2.61. The van der Waals surface area contributed by atoms with Crippen LogP contribution in [0.15, 0.2) is 47.0 Å². The fourth-order valence-electron chi connectivity index (χ4n) is 6.65. The van der Waals surface area contributed by atoms with E-state index in [0.717, 1.165) is 71.0 Å². The summed E-state index contributed by atoms with van der Waals surface area (Å²) in [7, 11) is 2.05. The van der Waals surface area contributed by atoms with Crippen LogP contribution in [0.3, 0.4) is 0 Å². The van der Waals surface area contributed by atoms with Crippen LogP contribution >= 0.6 is 0 Å². The molecule has 0 saturated heterocycles. The SMILES string of the molecule is [2H]C([2H])(c1cc[n+](C)c(-c2c(C)ccc3c2oc2c4c(ccc23)C(C)(C)CCC4(C)C)c1)C1CCCC1. The summed E-state index contributed by atoms with van der Waals surface area (Å²) in [4.78, 5) is 0. The zero-order valence-corrected chi connectivity index (χ0v) is 22.2. The molecular formula is C33H40NO+. The number of fused-ring (bicyclic) bond motifs is 5. The van der Waals surface area contributed by atoms with Crippen LogP contribution in [-0.2, 0) is 24.3 Å². The van der Waals surface area contributed by atoms with E-state index in [1.54, 1.807) is 0 Å². The molecule has 0 radical (unpaired) electrons. The molecule has 0 atom stereocenters. The van der Waals surface area contributed by atoms with E-state index in [9.17, 15) is 0 Å². The average Bonchev–Trinajstić information content (AvgIpc) is 3.51. The first-order valence-electron chi connectivity index (χ1n) is 14.4. The highest BCUT2D eigenvalue weighted by Crippen LogP contribution is 2.50. The summed E-state index contributed by atoms with van der Waals surface area (Å²) in [5.74, 6) is 0.0910. The zero-order chi connectivity index (χ0) is 26.3. The minimum Gasteiger partial charge on any atom is -0.455 e. The lowest BCUT2D eigenvalue weighted by molar-refractivity contribution is -0.660. The highest BCUT2D eigenvalue weighted by Gasteiger charge is 2.39. The fourth-order valence-corrected chi connectivity index (χ4v) is 6.65. The number of benzene rings is 2. The van der Waals surface area contributed by atoms with Gasteiger partial charge in [0.2, 0.25) is 5.69 Å². The molecule has 2 aromatic carbocycles. The number of hydrogen-bond acceptors (Lipinski definition) is 1. The van der Waals surface area contributed by atoms with E-state index in [-0.39, 0.29) is 16.7 Å². The molecule has 0 spiro atoms. The lowest BCUT2D eigenvalue weighted by Gasteiger charge is -2.41. The molecule has 4 aromatic rings. The van der Waals surface area contributed by atoms with E-state index in [1.165, 1.54) is 22.9 Å². The van der Waals surface area contributed by atoms with Gasteiger partial charge in [-0.05, 0) is 59.6 Å². The maximum Gasteiger partial charge on any atom is 0.216 e. The molecule has 2 nitrogen and oxygen atoms in total. The monoisotopic (exact) mass is 468 g/mol. The molecule has 0 aliphatic heterocycles. The molecule has 35 heavy (non-hydrogen) atoms. The summed E-state index contributed by atoms with van der Waals surface area (Å²) in [6.07, 6.45) is 7.21. The van der Waals surface area contributed by atoms with Gasteiger partial charge in [0.15, 0.2) is 6.20 Å². The second-order valence-corrected chi connectivity index (χ2v) is 12.4. The quantitative estimate of drug-likeness (QED) is 0.276. The van der Waals surface area contributed by atoms with Gasteiger partial charge in [0.1, 0.15) is 18.2 Å². The van der Waals surface area contributed by atoms with Gasteiger partial charge >= 0.3 is 0 Å². The Morgan fingerprint density at radius 2 is 1.63 bits per heavy atom. The van der Waals surface area contributed by atoms with Crippen LogP contribution < -0.4 is 4.57 Å². The minimum atomic E-state index is -1.33. The Bertz CT molecular complexity index is 1540. The van der Waals surface area contributed by atoms with E-state index in [2.05, 4.69) is 76.6 Å². The molecule has 0 unspecified atom stereocenters. The second kappa shape index (κ2) is 7.95. The standard InChI is InChI=1S/C33H40NO/c1-21-11-12-24-25-13-14-26-29(33(4,5)17-16-32(26,2)3)31(25)35-30(24)28(21)27-20-23(15-18-34(27)6)19-22-9-7-8-10-22/h11-15,18,20,22H,7-10,16-17,19H2,1-6H3/q+1/i19D2. The number of rotatable bonds is 3. The van der Waals surface area contributed by atoms with Crippen LogP contribution in [0.5, 0.6) is 0 Å². The summed E-state index contributed by atoms with van der Waals surface area (Å²) in [5.41, 5.74) is 8.89. The van der Waals surface area contributed by atoms with Crippen molar-refractivity contribution in [1.82, 2.24) is 0 Å². The van der Waals surface area contributed by atoms with Gasteiger partial charge in [-0.15, -0.1) is 0 Å². The lowest BCUT2D eigenvalue weighted by Crippen LogP contribution is -2.33. The smallest absolute Gasteiger partial charge is 0.216 e. The third-order valence-electron chi connectivity index (χ3n) is 8.93. The molecule has 0 N–H and O–H groups in total. The Balaban J connectivity index is 1.61. The van der Waals surface area contributed by atoms with Crippen LogP contribution in [0.4, 0.5) is 0 Å². The van der Waals surface area contributed by atoms with E-state index < -0.39 is 6.37 Å². The number of nitrogens with zero attached hydrogens (tertiary/aromatic N) is 1. The minimum absolute atomic E-state index is 0.0509. The van der Waals surface area contributed by atoms with E-state index >= 15 is 0 Å². The Kier molecular flexibility index (Phi) is 4.67. The lowest BCUT2D eigenvalue weighted by atomic mass is 9.63. The normalized spacial score (nSPS) is 20.7. The van der Waals surface area contributed by atoms with Gasteiger partial charge in [0.05, 0.1) is 5.56 Å². The molecule has 1 saturated carbocycles. The largest absolute Gasteiger partial charge is 0.455 e. The summed E-state index contributed by atoms with van der Waals surface area (Å²) < 4.78 is 27.1. The summed E-state index contributed by atoms with van der Waals surface area (Å²) in [6, 6.07) is 13.0. The van der Waals surface area contributed by atoms with Crippen molar-refractivity contribution in [3.8, 4) is 11.3 Å². The van der Waals surface area contributed by atoms with Crippen molar-refractivity contribution in [1.29, 1.82) is 0 Å². The molecule has 2 heteroatoms. The molecule has 0 amide bonds. The van der Waals surface area contributed by atoms with Crippen LogP contribution in [0.25, 0.3) is 33.2 Å². The van der Waals surface area contributed by atoms with Crippen LogP contribution in [0.2, 0.25) is 0 Å². The predicted molar refractivity (Wildman–Crippen MR) is 146 cm³/mol. The van der Waals surface area contributed by atoms with Crippen molar-refractivity contribution in [3.05, 3.63) is 64.8 Å². The number of furan rings is 1. The van der Waals surface area contributed by atoms with Crippen molar-refractivity contribution in [2.24, 2.45) is 13.0 Å². The number of aromatic nitrogens is 1. The highest BCUT2D eigenvalue weighted by molar-refractivity contribution is 6.11. The molecule has 182 valence electrons. The van der Waals surface area contributed by atoms with Gasteiger partial charge in [-0.2, -0.15) is 0 Å². The van der Waals surface area contributed by atoms with Crippen molar-refractivity contribution in [3.63, 3.8) is 0 Å². The molecule has 2 aliphatic carbocycles. The Labute approximate surface area is 213 Å². The highest BCUT2D eigenvalue weighted by atomic mass is 16.3. The first-order chi connectivity index (χ1) is 17.4. The van der Waals surface area contributed by atoms with E-state index in [1.807, 2.05) is 12.3 Å². The van der Waals surface area contributed by atoms with E-state index in [0.29, 0.717) is 0 Å². The topological polar surface area (TPSA) is 17.0 Å². The summed E-state index contributed by atoms with van der Waals surface area (Å²) in [6.45, 7) is 11.6. The fraction of sp³-hybridized carbons (Fsp3) is 0.485. The summed E-state index contributed by atoms with van der Waals surface area (Å²) >= 11 is 0. The predicted octanol–water partition coefficient (Wildman–Crippen LogP) is 8.47. The molecule has 2 aliphatic rings. The van der Waals surface area contributed by atoms with Gasteiger partial charge in [0.25, 0.3) is 0 Å². The maximum absolute atomic E-state index is 9.02. The van der Waals surface area contributed by atoms with Crippen LogP contribution in [0.1, 0.15) is 91.2 Å². The molecule has 1 fully saturated rings. The third kappa shape index (κ3) is 3.63. The summed E-state index contributed by atoms with van der Waals surface area (Å²) in [5, 5.41) is 2.32. The van der Waals surface area contributed by atoms with Gasteiger partial charge in [-0.3, -0.25) is 0 Å². The van der Waals surface area contributed by atoms with Crippen molar-refractivity contribution in [2.75, 3.05) is 0 Å². The molecule has 6 rings (SSSR count). The van der Waals surface area contributed by atoms with Crippen LogP contribution in [0, 0.1) is 12.8 Å². The Morgan fingerprint density at radius 1 is 0.943 bits per heavy atom. The Morgan fingerprint density at radius 3 is 2.40 bits per heavy atom. The second-order valence-electron chi connectivity index (χ2n) is 12.4. The van der Waals surface area contributed by atoms with Gasteiger partial charge < -0.3 is 4.42 Å². The molecule has 2 heterocycles. The third-order valence-corrected chi connectivity index (χ3v) is 8.93. The number of pyridine rings is 1. The number of hydrogen-bond donors (Lipinski definition) is 0. The van der Waals surface area contributed by atoms with Crippen molar-refractivity contribution < 1.29 is 11.7 Å². The molecular weight excluding hydrogens is 426 g/mol. The zero-order valence-electron chi connectivity index (χ0n) is 24.2. The van der Waals surface area contributed by atoms with Gasteiger partial charge in [0, 0.05) is 31.2 Å². The van der Waals surface area contributed by atoms with Crippen molar-refractivity contribution in [2.45, 2.75) is 90.3 Å². The van der Waals surface area contributed by atoms with E-state index in [4.69, 9.17) is 7.16 Å². The first-order valence-corrected chi connectivity index (χ1v) is 13.4. The van der Waals surface area contributed by atoms with Crippen LogP contribution in [-0.4, -0.2) is 0 Å². The molecule has 0 bridgehead atoms. The van der Waals surface area contributed by atoms with Gasteiger partial charge in [-0.1, -0.05) is 77.6 Å². The number of aryl methyl sites for hydroxylation is 2. The molecule has 2 aromatic heterocycles. The average molecular weight is 469 g/mol. The first kappa shape index (κ1) is 20.6.